The molecule has 0 fully saturated rings. The Morgan fingerprint density at radius 1 is 0.732 bits per heavy atom. The minimum absolute atomic E-state index is 0.0264. The Balaban J connectivity index is 1.42. The first-order valence-corrected chi connectivity index (χ1v) is 13.0. The molecular formula is C33H24N4O4. The number of carboxylic acid groups (broad SMARTS) is 1. The summed E-state index contributed by atoms with van der Waals surface area (Å²) in [6, 6.07) is 32.1. The standard InChI is InChI=1S/C33H24N4O4/c1-20(21-11-14-24(15-12-21)33(40)41)34-32(39)28-18-27(22-7-3-2-4-8-22)19-29-35-36-31(37(28)29)30(38)26-16-13-23-9-5-6-10-25(23)17-26/h2-20H,1H3,(H,34,39)(H,40,41)/t20-/m0/s1. The summed E-state index contributed by atoms with van der Waals surface area (Å²) in [7, 11) is 0. The third-order valence-electron chi connectivity index (χ3n) is 7.07. The van der Waals surface area contributed by atoms with Gasteiger partial charge in [-0.2, -0.15) is 0 Å². The zero-order valence-electron chi connectivity index (χ0n) is 22.0. The molecule has 0 aliphatic rings. The number of amides is 1. The predicted molar refractivity (Wildman–Crippen MR) is 155 cm³/mol. The summed E-state index contributed by atoms with van der Waals surface area (Å²) in [6.45, 7) is 1.80. The second kappa shape index (κ2) is 10.5. The van der Waals surface area contributed by atoms with Gasteiger partial charge in [0, 0.05) is 5.56 Å². The van der Waals surface area contributed by atoms with Gasteiger partial charge in [0.25, 0.3) is 5.91 Å². The molecule has 2 N–H and O–H groups in total. The van der Waals surface area contributed by atoms with E-state index in [0.29, 0.717) is 11.2 Å². The molecule has 8 nitrogen and oxygen atoms in total. The van der Waals surface area contributed by atoms with Crippen LogP contribution < -0.4 is 5.32 Å². The van der Waals surface area contributed by atoms with E-state index in [0.717, 1.165) is 27.5 Å². The van der Waals surface area contributed by atoms with Crippen LogP contribution in [0.2, 0.25) is 0 Å². The van der Waals surface area contributed by atoms with Gasteiger partial charge in [-0.3, -0.25) is 14.0 Å². The zero-order valence-corrected chi connectivity index (χ0v) is 22.0. The minimum atomic E-state index is -1.02. The van der Waals surface area contributed by atoms with E-state index in [4.69, 9.17) is 0 Å². The van der Waals surface area contributed by atoms with Crippen molar-refractivity contribution in [2.24, 2.45) is 0 Å². The molecule has 2 heterocycles. The topological polar surface area (TPSA) is 114 Å². The number of aromatic nitrogens is 3. The molecule has 0 aliphatic carbocycles. The molecule has 0 spiro atoms. The molecule has 0 unspecified atom stereocenters. The van der Waals surface area contributed by atoms with Gasteiger partial charge in [0.15, 0.2) is 5.65 Å². The highest BCUT2D eigenvalue weighted by atomic mass is 16.4. The Kier molecular flexibility index (Phi) is 6.57. The summed E-state index contributed by atoms with van der Waals surface area (Å²) >= 11 is 0. The number of hydrogen-bond donors (Lipinski definition) is 2. The minimum Gasteiger partial charge on any atom is -0.478 e. The van der Waals surface area contributed by atoms with Gasteiger partial charge >= 0.3 is 5.97 Å². The Morgan fingerprint density at radius 2 is 1.41 bits per heavy atom. The molecule has 0 radical (unpaired) electrons. The van der Waals surface area contributed by atoms with Crippen LogP contribution >= 0.6 is 0 Å². The van der Waals surface area contributed by atoms with Crippen molar-refractivity contribution in [2.75, 3.05) is 0 Å². The number of nitrogens with one attached hydrogen (secondary N) is 1. The van der Waals surface area contributed by atoms with Crippen molar-refractivity contribution >= 4 is 34.1 Å². The lowest BCUT2D eigenvalue weighted by atomic mass is 10.0. The van der Waals surface area contributed by atoms with Crippen molar-refractivity contribution in [1.82, 2.24) is 19.9 Å². The van der Waals surface area contributed by atoms with Gasteiger partial charge in [0.05, 0.1) is 11.6 Å². The zero-order chi connectivity index (χ0) is 28.5. The first-order valence-electron chi connectivity index (χ1n) is 13.0. The summed E-state index contributed by atoms with van der Waals surface area (Å²) in [5.74, 6) is -1.79. The van der Waals surface area contributed by atoms with Gasteiger partial charge in [-0.05, 0) is 64.7 Å². The van der Waals surface area contributed by atoms with Crippen LogP contribution in [0, 0.1) is 0 Å². The van der Waals surface area contributed by atoms with Gasteiger partial charge < -0.3 is 10.4 Å². The highest BCUT2D eigenvalue weighted by molar-refractivity contribution is 6.09. The number of hydrogen-bond acceptors (Lipinski definition) is 5. The largest absolute Gasteiger partial charge is 0.478 e. The first-order chi connectivity index (χ1) is 19.9. The van der Waals surface area contributed by atoms with Crippen LogP contribution in [-0.4, -0.2) is 37.4 Å². The number of carbonyl (C=O) groups is 3. The van der Waals surface area contributed by atoms with Crippen LogP contribution in [0.25, 0.3) is 27.5 Å². The van der Waals surface area contributed by atoms with Crippen molar-refractivity contribution in [2.45, 2.75) is 13.0 Å². The molecule has 0 saturated carbocycles. The van der Waals surface area contributed by atoms with Gasteiger partial charge in [0.1, 0.15) is 5.69 Å². The number of benzene rings is 4. The normalized spacial score (nSPS) is 11.8. The number of pyridine rings is 1. The van der Waals surface area contributed by atoms with E-state index < -0.39 is 17.9 Å². The lowest BCUT2D eigenvalue weighted by Gasteiger charge is -2.16. The summed E-state index contributed by atoms with van der Waals surface area (Å²) in [4.78, 5) is 38.7. The third-order valence-corrected chi connectivity index (χ3v) is 7.07. The quantitative estimate of drug-likeness (QED) is 0.241. The number of ketones is 1. The van der Waals surface area contributed by atoms with Gasteiger partial charge in [-0.25, -0.2) is 4.79 Å². The smallest absolute Gasteiger partial charge is 0.335 e. The average Bonchev–Trinajstić information content (AvgIpc) is 3.44. The molecule has 8 heteroatoms. The fourth-order valence-corrected chi connectivity index (χ4v) is 4.86. The van der Waals surface area contributed by atoms with Crippen molar-refractivity contribution in [1.29, 1.82) is 0 Å². The number of carbonyl (C=O) groups excluding carboxylic acids is 2. The van der Waals surface area contributed by atoms with E-state index in [1.807, 2.05) is 60.7 Å². The highest BCUT2D eigenvalue weighted by Crippen LogP contribution is 2.25. The van der Waals surface area contributed by atoms with Crippen LogP contribution in [0.5, 0.6) is 0 Å². The molecule has 6 aromatic rings. The molecule has 0 saturated heterocycles. The van der Waals surface area contributed by atoms with Crippen LogP contribution in [0.15, 0.2) is 109 Å². The molecule has 1 atom stereocenters. The molecule has 2 aromatic heterocycles. The van der Waals surface area contributed by atoms with E-state index in [2.05, 4.69) is 15.5 Å². The molecule has 41 heavy (non-hydrogen) atoms. The predicted octanol–water partition coefficient (Wildman–Crippen LogP) is 5.97. The fraction of sp³-hybridized carbons (Fsp3) is 0.0606. The van der Waals surface area contributed by atoms with E-state index in [1.165, 1.54) is 16.5 Å². The summed E-state index contributed by atoms with van der Waals surface area (Å²) in [5, 5.41) is 22.6. The Bertz CT molecular complexity index is 1950. The van der Waals surface area contributed by atoms with E-state index >= 15 is 0 Å². The Labute approximate surface area is 234 Å². The van der Waals surface area contributed by atoms with E-state index in [-0.39, 0.29) is 22.9 Å². The van der Waals surface area contributed by atoms with Crippen molar-refractivity contribution < 1.29 is 19.5 Å². The molecule has 0 aliphatic heterocycles. The lowest BCUT2D eigenvalue weighted by molar-refractivity contribution is 0.0696. The average molecular weight is 541 g/mol. The molecule has 0 bridgehead atoms. The number of nitrogens with zero attached hydrogens (tertiary/aromatic N) is 3. The molecule has 6 rings (SSSR count). The van der Waals surface area contributed by atoms with Crippen molar-refractivity contribution in [3.63, 3.8) is 0 Å². The van der Waals surface area contributed by atoms with Crippen molar-refractivity contribution in [3.05, 3.63) is 137 Å². The van der Waals surface area contributed by atoms with Crippen LogP contribution in [0.4, 0.5) is 0 Å². The molecule has 200 valence electrons. The number of aromatic carboxylic acids is 1. The number of carboxylic acids is 1. The van der Waals surface area contributed by atoms with Crippen LogP contribution in [-0.2, 0) is 0 Å². The Hall–Kier alpha value is -5.63. The van der Waals surface area contributed by atoms with Crippen LogP contribution in [0.3, 0.4) is 0 Å². The molecule has 4 aromatic carbocycles. The fourth-order valence-electron chi connectivity index (χ4n) is 4.86. The second-order valence-electron chi connectivity index (χ2n) is 9.73. The maximum atomic E-state index is 13.8. The van der Waals surface area contributed by atoms with Crippen LogP contribution in [0.1, 0.15) is 55.6 Å². The molecule has 1 amide bonds. The third kappa shape index (κ3) is 4.94. The lowest BCUT2D eigenvalue weighted by Crippen LogP contribution is -2.29. The van der Waals surface area contributed by atoms with Crippen molar-refractivity contribution in [3.8, 4) is 11.1 Å². The summed E-state index contributed by atoms with van der Waals surface area (Å²) in [5.41, 5.74) is 3.51. The first kappa shape index (κ1) is 25.6. The maximum Gasteiger partial charge on any atom is 0.335 e. The van der Waals surface area contributed by atoms with Gasteiger partial charge in [-0.15, -0.1) is 10.2 Å². The maximum absolute atomic E-state index is 13.8. The number of fused-ring (bicyclic) bond motifs is 2. The van der Waals surface area contributed by atoms with Gasteiger partial charge in [-0.1, -0.05) is 78.9 Å². The Morgan fingerprint density at radius 3 is 2.15 bits per heavy atom. The highest BCUT2D eigenvalue weighted by Gasteiger charge is 2.24. The molecular weight excluding hydrogens is 516 g/mol. The van der Waals surface area contributed by atoms with E-state index in [9.17, 15) is 19.5 Å². The van der Waals surface area contributed by atoms with E-state index in [1.54, 1.807) is 43.3 Å². The summed E-state index contributed by atoms with van der Waals surface area (Å²) < 4.78 is 1.49. The monoisotopic (exact) mass is 540 g/mol. The summed E-state index contributed by atoms with van der Waals surface area (Å²) in [6.07, 6.45) is 0. The second-order valence-corrected chi connectivity index (χ2v) is 9.73. The van der Waals surface area contributed by atoms with Gasteiger partial charge in [0.2, 0.25) is 11.6 Å². The SMILES string of the molecule is C[C@H](NC(=O)c1cc(-c2ccccc2)cc2nnc(C(=O)c3ccc4ccccc4c3)n12)c1ccc(C(=O)O)cc1. The number of rotatable bonds is 7.